The van der Waals surface area contributed by atoms with E-state index in [0.29, 0.717) is 11.7 Å². The highest BCUT2D eigenvalue weighted by atomic mass is 31.0. The summed E-state index contributed by atoms with van der Waals surface area (Å²) in [6.07, 6.45) is 2.77. The SMILES string of the molecule is CCC1=C2CN(P)CC2CCC1=O. The number of nitrogens with zero attached hydrogens (tertiary/aromatic N) is 1. The highest BCUT2D eigenvalue weighted by molar-refractivity contribution is 7.13. The summed E-state index contributed by atoms with van der Waals surface area (Å²) in [5.74, 6) is 1.07. The summed E-state index contributed by atoms with van der Waals surface area (Å²) in [7, 11) is 2.74. The molecular weight excluding hydrogens is 181 g/mol. The van der Waals surface area contributed by atoms with Crippen molar-refractivity contribution in [3.05, 3.63) is 11.1 Å². The van der Waals surface area contributed by atoms with Crippen molar-refractivity contribution < 1.29 is 4.79 Å². The van der Waals surface area contributed by atoms with Gasteiger partial charge in [0.05, 0.1) is 0 Å². The van der Waals surface area contributed by atoms with Crippen LogP contribution in [-0.2, 0) is 4.79 Å². The Balaban J connectivity index is 2.33. The van der Waals surface area contributed by atoms with Crippen molar-refractivity contribution >= 4 is 15.2 Å². The van der Waals surface area contributed by atoms with Gasteiger partial charge in [-0.25, -0.2) is 0 Å². The fourth-order valence-electron chi connectivity index (χ4n) is 2.47. The first-order chi connectivity index (χ1) is 6.22. The fourth-order valence-corrected chi connectivity index (χ4v) is 2.92. The second-order valence-electron chi connectivity index (χ2n) is 3.95. The smallest absolute Gasteiger partial charge is 0.158 e. The standard InChI is InChI=1S/C10H16NOP/c1-2-8-9-6-11(13)5-7(9)3-4-10(8)12/h7H,2-6,13H2,1H3. The average Bonchev–Trinajstić information content (AvgIpc) is 2.45. The summed E-state index contributed by atoms with van der Waals surface area (Å²) in [6, 6.07) is 0. The van der Waals surface area contributed by atoms with E-state index in [2.05, 4.69) is 21.0 Å². The van der Waals surface area contributed by atoms with Crippen LogP contribution in [-0.4, -0.2) is 23.5 Å². The van der Waals surface area contributed by atoms with E-state index in [-0.39, 0.29) is 0 Å². The molecule has 72 valence electrons. The maximum Gasteiger partial charge on any atom is 0.158 e. The average molecular weight is 197 g/mol. The van der Waals surface area contributed by atoms with E-state index in [1.807, 2.05) is 0 Å². The molecule has 0 spiro atoms. The van der Waals surface area contributed by atoms with Crippen LogP contribution in [0.15, 0.2) is 11.1 Å². The molecule has 2 unspecified atom stereocenters. The van der Waals surface area contributed by atoms with Crippen LogP contribution in [0, 0.1) is 5.92 Å². The number of fused-ring (bicyclic) bond motifs is 1. The maximum absolute atomic E-state index is 11.6. The van der Waals surface area contributed by atoms with Crippen molar-refractivity contribution in [3.63, 3.8) is 0 Å². The van der Waals surface area contributed by atoms with Crippen LogP contribution in [0.4, 0.5) is 0 Å². The second-order valence-corrected chi connectivity index (χ2v) is 4.68. The molecule has 2 atom stereocenters. The minimum atomic E-state index is 0.397. The lowest BCUT2D eigenvalue weighted by Gasteiger charge is -2.20. The molecule has 2 nitrogen and oxygen atoms in total. The molecule has 1 fully saturated rings. The van der Waals surface area contributed by atoms with Crippen LogP contribution >= 0.6 is 9.39 Å². The van der Waals surface area contributed by atoms with E-state index in [1.54, 1.807) is 0 Å². The van der Waals surface area contributed by atoms with E-state index < -0.39 is 0 Å². The number of hydrogen-bond acceptors (Lipinski definition) is 2. The van der Waals surface area contributed by atoms with Crippen molar-refractivity contribution in [2.45, 2.75) is 26.2 Å². The molecular formula is C10H16NOP. The molecule has 0 bridgehead atoms. The van der Waals surface area contributed by atoms with Crippen molar-refractivity contribution in [3.8, 4) is 0 Å². The van der Waals surface area contributed by atoms with Crippen LogP contribution in [0.5, 0.6) is 0 Å². The van der Waals surface area contributed by atoms with Crippen LogP contribution in [0.1, 0.15) is 26.2 Å². The Morgan fingerprint density at radius 2 is 2.38 bits per heavy atom. The fraction of sp³-hybridized carbons (Fsp3) is 0.700. The zero-order valence-electron chi connectivity index (χ0n) is 8.05. The lowest BCUT2D eigenvalue weighted by molar-refractivity contribution is -0.116. The Labute approximate surface area is 81.6 Å². The topological polar surface area (TPSA) is 20.3 Å². The summed E-state index contributed by atoms with van der Waals surface area (Å²) in [6.45, 7) is 4.20. The predicted octanol–water partition coefficient (Wildman–Crippen LogP) is 1.78. The summed E-state index contributed by atoms with van der Waals surface area (Å²) in [4.78, 5) is 11.6. The molecule has 1 aliphatic heterocycles. The second kappa shape index (κ2) is 3.51. The maximum atomic E-state index is 11.6. The third-order valence-electron chi connectivity index (χ3n) is 3.12. The van der Waals surface area contributed by atoms with Crippen LogP contribution < -0.4 is 0 Å². The lowest BCUT2D eigenvalue weighted by Crippen LogP contribution is -2.18. The van der Waals surface area contributed by atoms with Gasteiger partial charge in [0.2, 0.25) is 0 Å². The number of ketones is 1. The molecule has 0 radical (unpaired) electrons. The van der Waals surface area contributed by atoms with Gasteiger partial charge in [-0.1, -0.05) is 16.3 Å². The molecule has 2 aliphatic rings. The molecule has 1 aliphatic carbocycles. The summed E-state index contributed by atoms with van der Waals surface area (Å²) >= 11 is 0. The van der Waals surface area contributed by atoms with Gasteiger partial charge in [-0.3, -0.25) is 9.46 Å². The van der Waals surface area contributed by atoms with Gasteiger partial charge in [0.25, 0.3) is 0 Å². The van der Waals surface area contributed by atoms with Crippen molar-refractivity contribution in [1.82, 2.24) is 4.67 Å². The van der Waals surface area contributed by atoms with Gasteiger partial charge in [0.15, 0.2) is 5.78 Å². The highest BCUT2D eigenvalue weighted by Crippen LogP contribution is 2.36. The van der Waals surface area contributed by atoms with Crippen LogP contribution in [0.2, 0.25) is 0 Å². The van der Waals surface area contributed by atoms with Crippen molar-refractivity contribution in [2.24, 2.45) is 5.92 Å². The van der Waals surface area contributed by atoms with Crippen molar-refractivity contribution in [1.29, 1.82) is 0 Å². The Morgan fingerprint density at radius 1 is 1.62 bits per heavy atom. The van der Waals surface area contributed by atoms with Crippen molar-refractivity contribution in [2.75, 3.05) is 13.1 Å². The zero-order chi connectivity index (χ0) is 9.42. The van der Waals surface area contributed by atoms with Gasteiger partial charge in [-0.2, -0.15) is 0 Å². The molecule has 3 heteroatoms. The summed E-state index contributed by atoms with van der Waals surface area (Å²) in [5, 5.41) is 0. The third-order valence-corrected chi connectivity index (χ3v) is 3.51. The molecule has 0 saturated carbocycles. The van der Waals surface area contributed by atoms with Gasteiger partial charge in [-0.05, 0) is 29.9 Å². The van der Waals surface area contributed by atoms with Gasteiger partial charge in [0.1, 0.15) is 0 Å². The molecule has 1 saturated heterocycles. The zero-order valence-corrected chi connectivity index (χ0v) is 9.20. The van der Waals surface area contributed by atoms with Gasteiger partial charge in [-0.15, -0.1) is 0 Å². The minimum Gasteiger partial charge on any atom is -0.295 e. The molecule has 0 aromatic heterocycles. The van der Waals surface area contributed by atoms with E-state index >= 15 is 0 Å². The summed E-state index contributed by atoms with van der Waals surface area (Å²) in [5.41, 5.74) is 2.55. The number of carbonyl (C=O) groups excluding carboxylic acids is 1. The van der Waals surface area contributed by atoms with Gasteiger partial charge in [0, 0.05) is 19.5 Å². The molecule has 2 rings (SSSR count). The number of carbonyl (C=O) groups is 1. The summed E-state index contributed by atoms with van der Waals surface area (Å²) < 4.78 is 2.24. The molecule has 13 heavy (non-hydrogen) atoms. The Morgan fingerprint density at radius 3 is 3.08 bits per heavy atom. The first-order valence-electron chi connectivity index (χ1n) is 4.97. The normalized spacial score (nSPS) is 29.7. The molecule has 0 aromatic rings. The number of Topliss-reactive ketones (excluding diaryl/α,β-unsaturated/α-hetero) is 1. The quantitative estimate of drug-likeness (QED) is 0.597. The Bertz CT molecular complexity index is 272. The van der Waals surface area contributed by atoms with E-state index in [4.69, 9.17) is 0 Å². The molecule has 0 N–H and O–H groups in total. The van der Waals surface area contributed by atoms with E-state index in [9.17, 15) is 4.79 Å². The number of rotatable bonds is 1. The monoisotopic (exact) mass is 197 g/mol. The molecule has 0 aromatic carbocycles. The number of allylic oxidation sites excluding steroid dienone is 1. The first kappa shape index (κ1) is 9.36. The predicted molar refractivity (Wildman–Crippen MR) is 56.3 cm³/mol. The first-order valence-corrected chi connectivity index (χ1v) is 5.48. The van der Waals surface area contributed by atoms with Crippen LogP contribution in [0.3, 0.4) is 0 Å². The highest BCUT2D eigenvalue weighted by Gasteiger charge is 2.32. The minimum absolute atomic E-state index is 0.397. The largest absolute Gasteiger partial charge is 0.295 e. The van der Waals surface area contributed by atoms with E-state index in [1.165, 1.54) is 5.57 Å². The molecule has 1 heterocycles. The molecule has 0 amide bonds. The number of hydrogen-bond donors (Lipinski definition) is 0. The third kappa shape index (κ3) is 1.58. The van der Waals surface area contributed by atoms with E-state index in [0.717, 1.165) is 37.9 Å². The van der Waals surface area contributed by atoms with Gasteiger partial charge >= 0.3 is 0 Å². The lowest BCUT2D eigenvalue weighted by atomic mass is 9.83. The van der Waals surface area contributed by atoms with Crippen LogP contribution in [0.25, 0.3) is 0 Å². The Hall–Kier alpha value is -0.200. The van der Waals surface area contributed by atoms with Gasteiger partial charge < -0.3 is 0 Å². The Kier molecular flexibility index (Phi) is 2.53.